The van der Waals surface area contributed by atoms with E-state index in [9.17, 15) is 0 Å². The summed E-state index contributed by atoms with van der Waals surface area (Å²) in [4.78, 5) is 0. The number of ether oxygens (including phenoxy) is 1. The van der Waals surface area contributed by atoms with Gasteiger partial charge in [-0.1, -0.05) is 30.3 Å². The predicted molar refractivity (Wildman–Crippen MR) is 46.0 cm³/mol. The van der Waals surface area contributed by atoms with Crippen LogP contribution in [-0.4, -0.2) is 18.9 Å². The van der Waals surface area contributed by atoms with Crippen LogP contribution in [0.5, 0.6) is 0 Å². The van der Waals surface area contributed by atoms with Crippen LogP contribution in [0.1, 0.15) is 11.6 Å². The zero-order valence-electron chi connectivity index (χ0n) is 7.03. The summed E-state index contributed by atoms with van der Waals surface area (Å²) >= 11 is 0. The number of methoxy groups -OCH3 is 1. The Hall–Kier alpha value is -0.900. The largest absolute Gasteiger partial charge is 0.383 e. The van der Waals surface area contributed by atoms with Crippen LogP contribution < -0.4 is 5.48 Å². The van der Waals surface area contributed by atoms with Gasteiger partial charge in [0.2, 0.25) is 0 Å². The van der Waals surface area contributed by atoms with Gasteiger partial charge in [-0.2, -0.15) is 5.48 Å². The molecule has 1 rings (SSSR count). The normalized spacial score (nSPS) is 12.8. The lowest BCUT2D eigenvalue weighted by atomic mass is 10.1. The molecule has 0 spiro atoms. The van der Waals surface area contributed by atoms with Gasteiger partial charge in [0.05, 0.1) is 12.6 Å². The SMILES string of the molecule is COC[C@@H](NO)c1ccccc1. The van der Waals surface area contributed by atoms with Crippen LogP contribution >= 0.6 is 0 Å². The van der Waals surface area contributed by atoms with Crippen LogP contribution in [-0.2, 0) is 4.74 Å². The van der Waals surface area contributed by atoms with Crippen molar-refractivity contribution in [1.29, 1.82) is 0 Å². The summed E-state index contributed by atoms with van der Waals surface area (Å²) in [5, 5.41) is 8.78. The fraction of sp³-hybridized carbons (Fsp3) is 0.333. The Bertz CT molecular complexity index is 213. The van der Waals surface area contributed by atoms with Crippen molar-refractivity contribution in [3.63, 3.8) is 0 Å². The van der Waals surface area contributed by atoms with Crippen LogP contribution in [0, 0.1) is 0 Å². The minimum absolute atomic E-state index is 0.142. The van der Waals surface area contributed by atoms with Crippen molar-refractivity contribution in [1.82, 2.24) is 5.48 Å². The average Bonchev–Trinajstić information content (AvgIpc) is 2.15. The van der Waals surface area contributed by atoms with Crippen molar-refractivity contribution >= 4 is 0 Å². The third-order valence-corrected chi connectivity index (χ3v) is 1.69. The highest BCUT2D eigenvalue weighted by Gasteiger charge is 2.07. The predicted octanol–water partition coefficient (Wildman–Crippen LogP) is 1.35. The van der Waals surface area contributed by atoms with Gasteiger partial charge in [0.25, 0.3) is 0 Å². The van der Waals surface area contributed by atoms with E-state index in [1.807, 2.05) is 30.3 Å². The molecule has 0 radical (unpaired) electrons. The summed E-state index contributed by atoms with van der Waals surface area (Å²) in [6.07, 6.45) is 0. The second-order valence-corrected chi connectivity index (χ2v) is 2.55. The molecule has 0 aromatic heterocycles. The van der Waals surface area contributed by atoms with Crippen LogP contribution in [0.25, 0.3) is 0 Å². The molecule has 0 bridgehead atoms. The molecule has 2 N–H and O–H groups in total. The zero-order valence-corrected chi connectivity index (χ0v) is 7.03. The minimum Gasteiger partial charge on any atom is -0.383 e. The van der Waals surface area contributed by atoms with E-state index in [0.29, 0.717) is 6.61 Å². The monoisotopic (exact) mass is 167 g/mol. The maximum absolute atomic E-state index is 8.78. The first-order chi connectivity index (χ1) is 5.88. The van der Waals surface area contributed by atoms with Crippen molar-refractivity contribution in [2.45, 2.75) is 6.04 Å². The van der Waals surface area contributed by atoms with E-state index >= 15 is 0 Å². The quantitative estimate of drug-likeness (QED) is 0.665. The number of nitrogens with one attached hydrogen (secondary N) is 1. The van der Waals surface area contributed by atoms with Crippen molar-refractivity contribution in [2.75, 3.05) is 13.7 Å². The standard InChI is InChI=1S/C9H13NO2/c1-12-7-9(10-11)8-5-3-2-4-6-8/h2-6,9-11H,7H2,1H3/t9-/m1/s1. The molecular weight excluding hydrogens is 154 g/mol. The Balaban J connectivity index is 2.66. The fourth-order valence-electron chi connectivity index (χ4n) is 1.06. The lowest BCUT2D eigenvalue weighted by molar-refractivity contribution is 0.0710. The van der Waals surface area contributed by atoms with Crippen molar-refractivity contribution < 1.29 is 9.94 Å². The topological polar surface area (TPSA) is 41.5 Å². The molecule has 0 unspecified atom stereocenters. The van der Waals surface area contributed by atoms with Crippen molar-refractivity contribution in [2.24, 2.45) is 0 Å². The van der Waals surface area contributed by atoms with Crippen molar-refractivity contribution in [3.8, 4) is 0 Å². The molecule has 0 aliphatic carbocycles. The van der Waals surface area contributed by atoms with Gasteiger partial charge in [0.15, 0.2) is 0 Å². The van der Waals surface area contributed by atoms with E-state index in [2.05, 4.69) is 5.48 Å². The molecule has 0 aliphatic rings. The fourth-order valence-corrected chi connectivity index (χ4v) is 1.06. The van der Waals surface area contributed by atoms with E-state index in [-0.39, 0.29) is 6.04 Å². The first-order valence-electron chi connectivity index (χ1n) is 3.82. The average molecular weight is 167 g/mol. The summed E-state index contributed by atoms with van der Waals surface area (Å²) < 4.78 is 4.93. The molecule has 1 atom stereocenters. The summed E-state index contributed by atoms with van der Waals surface area (Å²) in [5.41, 5.74) is 3.21. The molecule has 3 heteroatoms. The Morgan fingerprint density at radius 3 is 2.58 bits per heavy atom. The molecule has 0 heterocycles. The van der Waals surface area contributed by atoms with Gasteiger partial charge in [-0.15, -0.1) is 0 Å². The third-order valence-electron chi connectivity index (χ3n) is 1.69. The molecule has 1 aromatic carbocycles. The molecule has 0 aliphatic heterocycles. The summed E-state index contributed by atoms with van der Waals surface area (Å²) in [5.74, 6) is 0. The lowest BCUT2D eigenvalue weighted by Crippen LogP contribution is -2.21. The Labute approximate surface area is 71.9 Å². The number of hydrogen-bond acceptors (Lipinski definition) is 3. The summed E-state index contributed by atoms with van der Waals surface area (Å²) in [7, 11) is 1.60. The first-order valence-corrected chi connectivity index (χ1v) is 3.82. The highest BCUT2D eigenvalue weighted by atomic mass is 16.5. The van der Waals surface area contributed by atoms with Gasteiger partial charge >= 0.3 is 0 Å². The molecule has 12 heavy (non-hydrogen) atoms. The van der Waals surface area contributed by atoms with E-state index in [0.717, 1.165) is 5.56 Å². The van der Waals surface area contributed by atoms with E-state index in [1.165, 1.54) is 0 Å². The molecule has 3 nitrogen and oxygen atoms in total. The smallest absolute Gasteiger partial charge is 0.0802 e. The number of benzene rings is 1. The highest BCUT2D eigenvalue weighted by molar-refractivity contribution is 5.18. The van der Waals surface area contributed by atoms with Gasteiger partial charge in [0.1, 0.15) is 0 Å². The number of rotatable bonds is 4. The second-order valence-electron chi connectivity index (χ2n) is 2.55. The van der Waals surface area contributed by atoms with Gasteiger partial charge in [0, 0.05) is 7.11 Å². The molecule has 66 valence electrons. The molecule has 0 saturated heterocycles. The van der Waals surface area contributed by atoms with Crippen LogP contribution in [0.3, 0.4) is 0 Å². The first kappa shape index (κ1) is 9.19. The van der Waals surface area contributed by atoms with E-state index < -0.39 is 0 Å². The highest BCUT2D eigenvalue weighted by Crippen LogP contribution is 2.11. The van der Waals surface area contributed by atoms with E-state index in [1.54, 1.807) is 7.11 Å². The van der Waals surface area contributed by atoms with Gasteiger partial charge in [-0.25, -0.2) is 0 Å². The number of hydroxylamine groups is 1. The van der Waals surface area contributed by atoms with Crippen molar-refractivity contribution in [3.05, 3.63) is 35.9 Å². The summed E-state index contributed by atoms with van der Waals surface area (Å²) in [6, 6.07) is 9.52. The van der Waals surface area contributed by atoms with Crippen LogP contribution in [0.15, 0.2) is 30.3 Å². The van der Waals surface area contributed by atoms with E-state index in [4.69, 9.17) is 9.94 Å². The Morgan fingerprint density at radius 2 is 2.08 bits per heavy atom. The molecule has 0 saturated carbocycles. The maximum Gasteiger partial charge on any atom is 0.0802 e. The second kappa shape index (κ2) is 4.87. The molecule has 1 aromatic rings. The van der Waals surface area contributed by atoms with Gasteiger partial charge < -0.3 is 9.94 Å². The molecule has 0 amide bonds. The van der Waals surface area contributed by atoms with Gasteiger partial charge in [-0.05, 0) is 5.56 Å². The third kappa shape index (κ3) is 2.30. The Morgan fingerprint density at radius 1 is 1.42 bits per heavy atom. The van der Waals surface area contributed by atoms with Crippen LogP contribution in [0.4, 0.5) is 0 Å². The van der Waals surface area contributed by atoms with Gasteiger partial charge in [-0.3, -0.25) is 0 Å². The molecular formula is C9H13NO2. The Kier molecular flexibility index (Phi) is 3.73. The summed E-state index contributed by atoms with van der Waals surface area (Å²) in [6.45, 7) is 0.459. The molecule has 0 fully saturated rings. The van der Waals surface area contributed by atoms with Crippen LogP contribution in [0.2, 0.25) is 0 Å². The zero-order chi connectivity index (χ0) is 8.81. The maximum atomic E-state index is 8.78. The minimum atomic E-state index is -0.142. The lowest BCUT2D eigenvalue weighted by Gasteiger charge is -2.13. The number of hydrogen-bond donors (Lipinski definition) is 2.